The third-order valence-electron chi connectivity index (χ3n) is 2.76. The number of hydrogen-bond donors (Lipinski definition) is 2. The Labute approximate surface area is 111 Å². The fraction of sp³-hybridized carbons (Fsp3) is 0.385. The molecule has 6 heteroatoms. The summed E-state index contributed by atoms with van der Waals surface area (Å²) >= 11 is 0. The minimum Gasteiger partial charge on any atom is -0.482 e. The minimum absolute atomic E-state index is 0.0213. The maximum atomic E-state index is 11.6. The van der Waals surface area contributed by atoms with E-state index in [2.05, 4.69) is 10.6 Å². The van der Waals surface area contributed by atoms with Crippen LogP contribution < -0.4 is 15.4 Å². The Morgan fingerprint density at radius 2 is 2.21 bits per heavy atom. The Morgan fingerprint density at radius 3 is 2.89 bits per heavy atom. The lowest BCUT2D eigenvalue weighted by atomic mass is 10.1. The maximum absolute atomic E-state index is 11.6. The fourth-order valence-electron chi connectivity index (χ4n) is 1.83. The van der Waals surface area contributed by atoms with Gasteiger partial charge in [-0.3, -0.25) is 4.79 Å². The van der Waals surface area contributed by atoms with Crippen molar-refractivity contribution in [1.29, 1.82) is 0 Å². The summed E-state index contributed by atoms with van der Waals surface area (Å²) in [5.74, 6) is 0.0448. The predicted octanol–water partition coefficient (Wildman–Crippen LogP) is 1.38. The lowest BCUT2D eigenvalue weighted by molar-refractivity contribution is -0.144. The number of nitrogens with one attached hydrogen (secondary N) is 2. The van der Waals surface area contributed by atoms with Crippen LogP contribution in [0.5, 0.6) is 5.75 Å². The van der Waals surface area contributed by atoms with Crippen LogP contribution in [0.1, 0.15) is 13.8 Å². The summed E-state index contributed by atoms with van der Waals surface area (Å²) in [5.41, 5.74) is 0.421. The molecule has 0 atom stereocenters. The third-order valence-corrected chi connectivity index (χ3v) is 2.76. The maximum Gasteiger partial charge on any atom is 0.330 e. The highest BCUT2D eigenvalue weighted by atomic mass is 16.5. The van der Waals surface area contributed by atoms with Crippen LogP contribution in [0, 0.1) is 0 Å². The van der Waals surface area contributed by atoms with Crippen LogP contribution in [-0.2, 0) is 14.3 Å². The quantitative estimate of drug-likeness (QED) is 0.807. The van der Waals surface area contributed by atoms with Crippen molar-refractivity contribution in [3.63, 3.8) is 0 Å². The summed E-state index contributed by atoms with van der Waals surface area (Å²) in [4.78, 5) is 22.8. The molecule has 1 aliphatic heterocycles. The van der Waals surface area contributed by atoms with E-state index in [0.29, 0.717) is 17.1 Å². The number of esters is 1. The second-order valence-corrected chi connectivity index (χ2v) is 4.79. The molecular formula is C13H16N2O4. The summed E-state index contributed by atoms with van der Waals surface area (Å²) in [5, 5.41) is 5.76. The first-order valence-corrected chi connectivity index (χ1v) is 5.86. The number of rotatable bonds is 3. The summed E-state index contributed by atoms with van der Waals surface area (Å²) in [6.45, 7) is 3.45. The van der Waals surface area contributed by atoms with Gasteiger partial charge in [-0.2, -0.15) is 0 Å². The molecule has 0 bridgehead atoms. The number of anilines is 2. The first-order chi connectivity index (χ1) is 8.92. The molecule has 0 spiro atoms. The van der Waals surface area contributed by atoms with E-state index >= 15 is 0 Å². The van der Waals surface area contributed by atoms with Gasteiger partial charge in [0.1, 0.15) is 11.3 Å². The molecule has 1 heterocycles. The van der Waals surface area contributed by atoms with Gasteiger partial charge in [0.05, 0.1) is 12.8 Å². The molecule has 1 aromatic rings. The number of amides is 1. The normalized spacial score (nSPS) is 13.9. The lowest BCUT2D eigenvalue weighted by Crippen LogP contribution is -2.41. The topological polar surface area (TPSA) is 76.7 Å². The third kappa shape index (κ3) is 2.78. The summed E-state index contributed by atoms with van der Waals surface area (Å²) in [6, 6.07) is 5.24. The highest BCUT2D eigenvalue weighted by Gasteiger charge is 2.28. The number of benzene rings is 1. The second kappa shape index (κ2) is 4.79. The Balaban J connectivity index is 2.21. The van der Waals surface area contributed by atoms with Gasteiger partial charge < -0.3 is 20.1 Å². The van der Waals surface area contributed by atoms with E-state index in [1.54, 1.807) is 32.0 Å². The van der Waals surface area contributed by atoms with E-state index in [1.165, 1.54) is 7.11 Å². The Morgan fingerprint density at radius 1 is 1.47 bits per heavy atom. The van der Waals surface area contributed by atoms with Gasteiger partial charge in [0.2, 0.25) is 0 Å². The van der Waals surface area contributed by atoms with E-state index in [4.69, 9.17) is 9.47 Å². The van der Waals surface area contributed by atoms with Crippen molar-refractivity contribution < 1.29 is 19.1 Å². The van der Waals surface area contributed by atoms with Crippen molar-refractivity contribution >= 4 is 23.3 Å². The molecule has 0 saturated carbocycles. The monoisotopic (exact) mass is 264 g/mol. The van der Waals surface area contributed by atoms with Crippen molar-refractivity contribution in [2.24, 2.45) is 0 Å². The number of methoxy groups -OCH3 is 1. The molecule has 0 aromatic heterocycles. The summed E-state index contributed by atoms with van der Waals surface area (Å²) in [7, 11) is 1.34. The molecule has 2 rings (SSSR count). The standard InChI is InChI=1S/C13H16N2O4/c1-13(2,12(17)18-3)15-8-4-5-10-9(6-8)14-11(16)7-19-10/h4-6,15H,7H2,1-3H3,(H,14,16). The number of carbonyl (C=O) groups excluding carboxylic acids is 2. The zero-order valence-corrected chi connectivity index (χ0v) is 11.1. The molecule has 0 unspecified atom stereocenters. The molecular weight excluding hydrogens is 248 g/mol. The zero-order chi connectivity index (χ0) is 14.0. The molecule has 0 radical (unpaired) electrons. The van der Waals surface area contributed by atoms with Gasteiger partial charge in [-0.05, 0) is 32.0 Å². The number of carbonyl (C=O) groups is 2. The van der Waals surface area contributed by atoms with Gasteiger partial charge >= 0.3 is 5.97 Å². The van der Waals surface area contributed by atoms with Gasteiger partial charge in [-0.25, -0.2) is 4.79 Å². The van der Waals surface area contributed by atoms with E-state index < -0.39 is 5.54 Å². The molecule has 6 nitrogen and oxygen atoms in total. The molecule has 19 heavy (non-hydrogen) atoms. The SMILES string of the molecule is COC(=O)C(C)(C)Nc1ccc2c(c1)NC(=O)CO2. The summed E-state index contributed by atoms with van der Waals surface area (Å²) in [6.07, 6.45) is 0. The molecule has 2 N–H and O–H groups in total. The van der Waals surface area contributed by atoms with Crippen molar-refractivity contribution in [3.05, 3.63) is 18.2 Å². The minimum atomic E-state index is -0.859. The average molecular weight is 264 g/mol. The van der Waals surface area contributed by atoms with Gasteiger partial charge in [-0.15, -0.1) is 0 Å². The number of hydrogen-bond acceptors (Lipinski definition) is 5. The highest BCUT2D eigenvalue weighted by molar-refractivity contribution is 5.96. The zero-order valence-electron chi connectivity index (χ0n) is 11.1. The molecule has 0 fully saturated rings. The Bertz CT molecular complexity index is 525. The average Bonchev–Trinajstić information content (AvgIpc) is 2.36. The smallest absolute Gasteiger partial charge is 0.330 e. The van der Waals surface area contributed by atoms with Crippen LogP contribution in [0.2, 0.25) is 0 Å². The second-order valence-electron chi connectivity index (χ2n) is 4.79. The van der Waals surface area contributed by atoms with Crippen LogP contribution in [0.4, 0.5) is 11.4 Å². The first kappa shape index (κ1) is 13.2. The number of fused-ring (bicyclic) bond motifs is 1. The Hall–Kier alpha value is -2.24. The fourth-order valence-corrected chi connectivity index (χ4v) is 1.83. The first-order valence-electron chi connectivity index (χ1n) is 5.86. The van der Waals surface area contributed by atoms with Gasteiger partial charge in [0.15, 0.2) is 6.61 Å². The van der Waals surface area contributed by atoms with Crippen LogP contribution >= 0.6 is 0 Å². The van der Waals surface area contributed by atoms with Gasteiger partial charge in [-0.1, -0.05) is 0 Å². The number of ether oxygens (including phenoxy) is 2. The van der Waals surface area contributed by atoms with E-state index in [-0.39, 0.29) is 18.5 Å². The molecule has 0 aliphatic carbocycles. The Kier molecular flexibility index (Phi) is 3.33. The summed E-state index contributed by atoms with van der Waals surface area (Å²) < 4.78 is 9.98. The van der Waals surface area contributed by atoms with Gasteiger partial charge in [0, 0.05) is 5.69 Å². The van der Waals surface area contributed by atoms with Crippen molar-refractivity contribution in [1.82, 2.24) is 0 Å². The molecule has 102 valence electrons. The molecule has 1 aliphatic rings. The van der Waals surface area contributed by atoms with Crippen LogP contribution in [-0.4, -0.2) is 31.1 Å². The highest BCUT2D eigenvalue weighted by Crippen LogP contribution is 2.31. The van der Waals surface area contributed by atoms with Crippen molar-refractivity contribution in [2.75, 3.05) is 24.4 Å². The van der Waals surface area contributed by atoms with Crippen LogP contribution in [0.15, 0.2) is 18.2 Å². The molecule has 1 amide bonds. The largest absolute Gasteiger partial charge is 0.482 e. The van der Waals surface area contributed by atoms with E-state index in [1.807, 2.05) is 0 Å². The van der Waals surface area contributed by atoms with Crippen LogP contribution in [0.3, 0.4) is 0 Å². The predicted molar refractivity (Wildman–Crippen MR) is 70.3 cm³/mol. The van der Waals surface area contributed by atoms with Crippen molar-refractivity contribution in [3.8, 4) is 5.75 Å². The lowest BCUT2D eigenvalue weighted by Gasteiger charge is -2.25. The molecule has 0 saturated heterocycles. The molecule has 1 aromatic carbocycles. The van der Waals surface area contributed by atoms with Crippen molar-refractivity contribution in [2.45, 2.75) is 19.4 Å². The van der Waals surface area contributed by atoms with Gasteiger partial charge in [0.25, 0.3) is 5.91 Å². The van der Waals surface area contributed by atoms with E-state index in [0.717, 1.165) is 0 Å². The van der Waals surface area contributed by atoms with Crippen LogP contribution in [0.25, 0.3) is 0 Å². The van der Waals surface area contributed by atoms with E-state index in [9.17, 15) is 9.59 Å².